The Balaban J connectivity index is 2.09. The zero-order chi connectivity index (χ0) is 14.5. The number of aromatic nitrogens is 1. The molecule has 0 aliphatic heterocycles. The summed E-state index contributed by atoms with van der Waals surface area (Å²) >= 11 is 1.75. The van der Waals surface area contributed by atoms with Crippen molar-refractivity contribution in [3.63, 3.8) is 0 Å². The predicted molar refractivity (Wildman–Crippen MR) is 95.7 cm³/mol. The van der Waals surface area contributed by atoms with Crippen LogP contribution in [0.3, 0.4) is 0 Å². The van der Waals surface area contributed by atoms with Crippen LogP contribution >= 0.6 is 11.3 Å². The first kappa shape index (κ1) is 12.0. The second kappa shape index (κ2) is 4.46. The minimum absolute atomic E-state index is 1.26. The van der Waals surface area contributed by atoms with Crippen molar-refractivity contribution in [3.05, 3.63) is 77.5 Å². The molecule has 0 aliphatic rings. The van der Waals surface area contributed by atoms with E-state index < -0.39 is 0 Å². The quantitative estimate of drug-likeness (QED) is 0.359. The van der Waals surface area contributed by atoms with Crippen molar-refractivity contribution < 1.29 is 0 Å². The summed E-state index contributed by atoms with van der Waals surface area (Å²) in [5.41, 5.74) is 6.40. The van der Waals surface area contributed by atoms with Crippen LogP contribution in [0.15, 0.2) is 77.5 Å². The molecule has 3 aromatic heterocycles. The lowest BCUT2D eigenvalue weighted by atomic mass is 10.1. The number of nitrogens with zero attached hydrogens (tertiary/aromatic N) is 1. The van der Waals surface area contributed by atoms with Gasteiger partial charge in [-0.1, -0.05) is 36.4 Å². The molecule has 0 aliphatic carbocycles. The molecule has 1 nitrogen and oxygen atoms in total. The monoisotopic (exact) mass is 299 g/mol. The van der Waals surface area contributed by atoms with Gasteiger partial charge in [-0.05, 0) is 52.0 Å². The summed E-state index contributed by atoms with van der Waals surface area (Å²) in [5.74, 6) is 0. The van der Waals surface area contributed by atoms with Gasteiger partial charge in [0.1, 0.15) is 0 Å². The Bertz CT molecular complexity index is 1120. The van der Waals surface area contributed by atoms with Crippen LogP contribution in [0.5, 0.6) is 0 Å². The second-order valence-corrected chi connectivity index (χ2v) is 6.33. The van der Waals surface area contributed by atoms with Gasteiger partial charge >= 0.3 is 0 Å². The minimum atomic E-state index is 1.26. The maximum Gasteiger partial charge on any atom is 0.0547 e. The van der Waals surface area contributed by atoms with Crippen molar-refractivity contribution in [1.82, 2.24) is 4.40 Å². The van der Waals surface area contributed by atoms with Gasteiger partial charge in [0.2, 0.25) is 0 Å². The van der Waals surface area contributed by atoms with E-state index in [-0.39, 0.29) is 0 Å². The molecule has 104 valence electrons. The third kappa shape index (κ3) is 1.59. The molecule has 0 fully saturated rings. The average molecular weight is 299 g/mol. The maximum absolute atomic E-state index is 2.39. The van der Waals surface area contributed by atoms with E-state index in [1.54, 1.807) is 11.3 Å². The summed E-state index contributed by atoms with van der Waals surface area (Å²) in [4.78, 5) is 0. The fraction of sp³-hybridized carbons (Fsp3) is 0. The molecule has 2 heteroatoms. The summed E-state index contributed by atoms with van der Waals surface area (Å²) in [6.07, 6.45) is 0. The molecule has 0 spiro atoms. The van der Waals surface area contributed by atoms with Gasteiger partial charge in [-0.25, -0.2) is 0 Å². The molecule has 22 heavy (non-hydrogen) atoms. The number of benzene rings is 2. The lowest BCUT2D eigenvalue weighted by molar-refractivity contribution is 1.33. The number of hydrogen-bond donors (Lipinski definition) is 0. The van der Waals surface area contributed by atoms with Crippen LogP contribution in [0.25, 0.3) is 38.4 Å². The molecule has 0 unspecified atom stereocenters. The molecule has 0 amide bonds. The van der Waals surface area contributed by atoms with E-state index in [0.717, 1.165) is 0 Å². The molecule has 0 atom stereocenters. The number of fused-ring (bicyclic) bond motifs is 5. The van der Waals surface area contributed by atoms with Crippen molar-refractivity contribution >= 4 is 38.7 Å². The molecule has 5 aromatic rings. The van der Waals surface area contributed by atoms with Gasteiger partial charge in [0.05, 0.1) is 16.6 Å². The van der Waals surface area contributed by atoms with Crippen molar-refractivity contribution in [3.8, 4) is 11.1 Å². The Labute approximate surface area is 132 Å². The maximum atomic E-state index is 2.39. The molecule has 0 N–H and O–H groups in total. The molecule has 0 saturated carbocycles. The Morgan fingerprint density at radius 2 is 1.36 bits per heavy atom. The van der Waals surface area contributed by atoms with E-state index in [1.807, 2.05) is 0 Å². The van der Waals surface area contributed by atoms with Gasteiger partial charge in [-0.2, -0.15) is 11.3 Å². The lowest BCUT2D eigenvalue weighted by Crippen LogP contribution is -1.90. The number of pyridine rings is 1. The topological polar surface area (TPSA) is 4.41 Å². The van der Waals surface area contributed by atoms with Crippen LogP contribution in [-0.2, 0) is 0 Å². The zero-order valence-corrected chi connectivity index (χ0v) is 12.7. The third-order valence-corrected chi connectivity index (χ3v) is 4.98. The average Bonchev–Trinajstić information content (AvgIpc) is 3.22. The number of rotatable bonds is 1. The van der Waals surface area contributed by atoms with Crippen LogP contribution in [0, 0.1) is 0 Å². The lowest BCUT2D eigenvalue weighted by Gasteiger charge is -2.09. The van der Waals surface area contributed by atoms with E-state index >= 15 is 0 Å². The van der Waals surface area contributed by atoms with Crippen LogP contribution in [0.2, 0.25) is 0 Å². The summed E-state index contributed by atoms with van der Waals surface area (Å²) < 4.78 is 2.39. The van der Waals surface area contributed by atoms with Crippen LogP contribution < -0.4 is 0 Å². The van der Waals surface area contributed by atoms with Crippen molar-refractivity contribution in [2.75, 3.05) is 0 Å². The van der Waals surface area contributed by atoms with E-state index in [0.29, 0.717) is 0 Å². The molecular weight excluding hydrogens is 286 g/mol. The molecule has 3 heterocycles. The highest BCUT2D eigenvalue weighted by Gasteiger charge is 2.12. The van der Waals surface area contributed by atoms with Crippen molar-refractivity contribution in [2.45, 2.75) is 0 Å². The van der Waals surface area contributed by atoms with Gasteiger partial charge in [0.25, 0.3) is 0 Å². The summed E-state index contributed by atoms with van der Waals surface area (Å²) in [6, 6.07) is 24.0. The van der Waals surface area contributed by atoms with Crippen LogP contribution in [-0.4, -0.2) is 4.40 Å². The zero-order valence-electron chi connectivity index (χ0n) is 11.9. The standard InChI is InChI=1S/C20H13NS/c1-3-7-18-14(5-1)11-17(16-9-10-22-13-16)20-12-15-6-2-4-8-19(15)21(18)20/h1-13H. The number of thiophene rings is 1. The van der Waals surface area contributed by atoms with Crippen LogP contribution in [0.1, 0.15) is 0 Å². The minimum Gasteiger partial charge on any atom is -0.309 e. The first-order valence-electron chi connectivity index (χ1n) is 7.36. The highest BCUT2D eigenvalue weighted by Crippen LogP contribution is 2.34. The number of hydrogen-bond acceptors (Lipinski definition) is 1. The molecule has 5 rings (SSSR count). The SMILES string of the molecule is c1ccc2c(c1)cc(-c1ccsc1)c1cc3ccccc3n12. The Kier molecular flexibility index (Phi) is 2.43. The molecule has 2 aromatic carbocycles. The third-order valence-electron chi connectivity index (χ3n) is 4.30. The van der Waals surface area contributed by atoms with Gasteiger partial charge in [-0.3, -0.25) is 0 Å². The van der Waals surface area contributed by atoms with Gasteiger partial charge in [-0.15, -0.1) is 0 Å². The Morgan fingerprint density at radius 1 is 0.682 bits per heavy atom. The molecule has 0 bridgehead atoms. The molecule has 0 saturated heterocycles. The largest absolute Gasteiger partial charge is 0.309 e. The Morgan fingerprint density at radius 3 is 2.05 bits per heavy atom. The normalized spacial score (nSPS) is 11.6. The molecular formula is C20H13NS. The van der Waals surface area contributed by atoms with Gasteiger partial charge < -0.3 is 4.40 Å². The molecule has 0 radical (unpaired) electrons. The predicted octanol–water partition coefficient (Wildman–Crippen LogP) is 5.97. The van der Waals surface area contributed by atoms with Crippen LogP contribution in [0.4, 0.5) is 0 Å². The van der Waals surface area contributed by atoms with Crippen molar-refractivity contribution in [2.24, 2.45) is 0 Å². The highest BCUT2D eigenvalue weighted by atomic mass is 32.1. The van der Waals surface area contributed by atoms with Crippen molar-refractivity contribution in [1.29, 1.82) is 0 Å². The van der Waals surface area contributed by atoms with Gasteiger partial charge in [0, 0.05) is 10.9 Å². The smallest absolute Gasteiger partial charge is 0.0547 e. The summed E-state index contributed by atoms with van der Waals surface area (Å²) in [7, 11) is 0. The highest BCUT2D eigenvalue weighted by molar-refractivity contribution is 7.08. The van der Waals surface area contributed by atoms with E-state index in [1.165, 1.54) is 38.4 Å². The fourth-order valence-electron chi connectivity index (χ4n) is 3.30. The fourth-order valence-corrected chi connectivity index (χ4v) is 3.96. The summed E-state index contributed by atoms with van der Waals surface area (Å²) in [6.45, 7) is 0. The van der Waals surface area contributed by atoms with E-state index in [4.69, 9.17) is 0 Å². The number of para-hydroxylation sites is 2. The first-order chi connectivity index (χ1) is 10.9. The Hall–Kier alpha value is -2.58. The second-order valence-electron chi connectivity index (χ2n) is 5.55. The summed E-state index contributed by atoms with van der Waals surface area (Å²) in [5, 5.41) is 6.93. The first-order valence-corrected chi connectivity index (χ1v) is 8.31. The van der Waals surface area contributed by atoms with E-state index in [9.17, 15) is 0 Å². The van der Waals surface area contributed by atoms with Gasteiger partial charge in [0.15, 0.2) is 0 Å². The van der Waals surface area contributed by atoms with E-state index in [2.05, 4.69) is 81.9 Å².